The Bertz CT molecular complexity index is 1830. The lowest BCUT2D eigenvalue weighted by atomic mass is 10.0. The van der Waals surface area contributed by atoms with Gasteiger partial charge in [-0.25, -0.2) is 4.98 Å². The molecule has 0 aliphatic carbocycles. The van der Waals surface area contributed by atoms with Crippen molar-refractivity contribution in [1.82, 2.24) is 24.7 Å². The molecule has 1 N–H and O–H groups in total. The number of rotatable bonds is 9. The molecular formula is C29H24ClN5O3S2. The molecule has 6 rings (SSSR count). The van der Waals surface area contributed by atoms with Crippen LogP contribution in [0.4, 0.5) is 0 Å². The number of furan rings is 1. The zero-order valence-corrected chi connectivity index (χ0v) is 24.1. The minimum Gasteiger partial charge on any atom is -0.486 e. The molecule has 0 saturated carbocycles. The summed E-state index contributed by atoms with van der Waals surface area (Å²) in [5.74, 6) is 3.07. The highest BCUT2D eigenvalue weighted by molar-refractivity contribution is 7.98. The smallest absolute Gasteiger partial charge is 0.260 e. The van der Waals surface area contributed by atoms with Gasteiger partial charge in [0.15, 0.2) is 11.0 Å². The SMILES string of the molecule is Cc1ccc(-c2c(C)sc3nc(CSc4nnc(COc5ccc(Cl)cc5)n4Cc4ccco4)[nH]c(=O)c23)cc1. The number of ether oxygens (including phenoxy) is 1. The number of aryl methyl sites for hydroxylation is 2. The van der Waals surface area contributed by atoms with Crippen LogP contribution in [0.3, 0.4) is 0 Å². The Labute approximate surface area is 243 Å². The quantitative estimate of drug-likeness (QED) is 0.181. The lowest BCUT2D eigenvalue weighted by Gasteiger charge is -2.10. The predicted molar refractivity (Wildman–Crippen MR) is 158 cm³/mol. The Balaban J connectivity index is 1.25. The van der Waals surface area contributed by atoms with Crippen LogP contribution in [0.2, 0.25) is 5.02 Å². The van der Waals surface area contributed by atoms with Gasteiger partial charge in [0.25, 0.3) is 5.56 Å². The molecule has 0 bridgehead atoms. The second kappa shape index (κ2) is 11.3. The number of hydrogen-bond acceptors (Lipinski definition) is 8. The van der Waals surface area contributed by atoms with E-state index in [0.29, 0.717) is 45.3 Å². The fraction of sp³-hybridized carbons (Fsp3) is 0.172. The summed E-state index contributed by atoms with van der Waals surface area (Å²) in [6, 6.07) is 19.1. The van der Waals surface area contributed by atoms with E-state index in [4.69, 9.17) is 25.7 Å². The summed E-state index contributed by atoms with van der Waals surface area (Å²) in [6.07, 6.45) is 1.63. The first kappa shape index (κ1) is 26.4. The van der Waals surface area contributed by atoms with Gasteiger partial charge in [0.1, 0.15) is 28.8 Å². The van der Waals surface area contributed by atoms with Crippen molar-refractivity contribution in [3.05, 3.63) is 110 Å². The average Bonchev–Trinajstić information content (AvgIpc) is 3.67. The largest absolute Gasteiger partial charge is 0.486 e. The van der Waals surface area contributed by atoms with Gasteiger partial charge in [-0.1, -0.05) is 53.2 Å². The Hall–Kier alpha value is -3.86. The maximum Gasteiger partial charge on any atom is 0.260 e. The zero-order valence-electron chi connectivity index (χ0n) is 21.7. The number of hydrogen-bond donors (Lipinski definition) is 1. The van der Waals surface area contributed by atoms with E-state index >= 15 is 0 Å². The lowest BCUT2D eigenvalue weighted by molar-refractivity contribution is 0.287. The molecule has 0 unspecified atom stereocenters. The summed E-state index contributed by atoms with van der Waals surface area (Å²) in [5, 5.41) is 10.7. The summed E-state index contributed by atoms with van der Waals surface area (Å²) < 4.78 is 13.4. The third-order valence-corrected chi connectivity index (χ3v) is 8.56. The predicted octanol–water partition coefficient (Wildman–Crippen LogP) is 7.03. The van der Waals surface area contributed by atoms with Crippen molar-refractivity contribution in [1.29, 1.82) is 0 Å². The van der Waals surface area contributed by atoms with Gasteiger partial charge in [-0.05, 0) is 55.8 Å². The molecular weight excluding hydrogens is 566 g/mol. The number of H-pyrrole nitrogens is 1. The van der Waals surface area contributed by atoms with Crippen molar-refractivity contribution >= 4 is 44.9 Å². The number of nitrogens with zero attached hydrogens (tertiary/aromatic N) is 4. The summed E-state index contributed by atoms with van der Waals surface area (Å²) in [4.78, 5) is 22.8. The monoisotopic (exact) mass is 589 g/mol. The number of nitrogens with one attached hydrogen (secondary N) is 1. The summed E-state index contributed by atoms with van der Waals surface area (Å²) in [5.41, 5.74) is 2.99. The molecule has 4 aromatic heterocycles. The van der Waals surface area contributed by atoms with Crippen molar-refractivity contribution in [2.45, 2.75) is 37.9 Å². The first-order chi connectivity index (χ1) is 19.4. The van der Waals surface area contributed by atoms with E-state index in [1.807, 2.05) is 42.7 Å². The Morgan fingerprint density at radius 2 is 1.88 bits per heavy atom. The van der Waals surface area contributed by atoms with Crippen LogP contribution in [-0.4, -0.2) is 24.7 Å². The van der Waals surface area contributed by atoms with Crippen LogP contribution in [0.1, 0.15) is 27.8 Å². The van der Waals surface area contributed by atoms with Crippen LogP contribution in [0.5, 0.6) is 5.75 Å². The Morgan fingerprint density at radius 3 is 2.62 bits per heavy atom. The van der Waals surface area contributed by atoms with Crippen molar-refractivity contribution in [3.63, 3.8) is 0 Å². The molecule has 4 heterocycles. The van der Waals surface area contributed by atoms with Crippen molar-refractivity contribution < 1.29 is 9.15 Å². The van der Waals surface area contributed by atoms with E-state index in [2.05, 4.69) is 27.3 Å². The Kier molecular flexibility index (Phi) is 7.46. The molecule has 0 atom stereocenters. The standard InChI is InChI=1S/C29H24ClN5O3S2/c1-17-5-7-19(8-6-17)25-18(2)40-28-26(25)27(36)31-23(32-28)16-39-29-34-33-24(35(29)14-22-4-3-13-37-22)15-38-21-11-9-20(30)10-12-21/h3-13H,14-16H2,1-2H3,(H,31,32,36). The number of halogens is 1. The lowest BCUT2D eigenvalue weighted by Crippen LogP contribution is -2.11. The van der Waals surface area contributed by atoms with Crippen LogP contribution >= 0.6 is 34.7 Å². The highest BCUT2D eigenvalue weighted by Crippen LogP contribution is 2.36. The average molecular weight is 590 g/mol. The van der Waals surface area contributed by atoms with E-state index in [1.165, 1.54) is 28.7 Å². The normalized spacial score (nSPS) is 11.4. The molecule has 0 spiro atoms. The topological polar surface area (TPSA) is 98.8 Å². The maximum atomic E-state index is 13.2. The van der Waals surface area contributed by atoms with Crippen LogP contribution in [-0.2, 0) is 18.9 Å². The number of aromatic nitrogens is 5. The van der Waals surface area contributed by atoms with Crippen LogP contribution in [0.25, 0.3) is 21.3 Å². The molecule has 0 aliphatic rings. The summed E-state index contributed by atoms with van der Waals surface area (Å²) >= 11 is 8.96. The Morgan fingerprint density at radius 1 is 1.07 bits per heavy atom. The zero-order chi connectivity index (χ0) is 27.6. The van der Waals surface area contributed by atoms with E-state index in [9.17, 15) is 4.79 Å². The molecule has 0 amide bonds. The maximum absolute atomic E-state index is 13.2. The number of fused-ring (bicyclic) bond motifs is 1. The highest BCUT2D eigenvalue weighted by atomic mass is 35.5. The molecule has 6 aromatic rings. The second-order valence-electron chi connectivity index (χ2n) is 9.19. The van der Waals surface area contributed by atoms with Gasteiger partial charge >= 0.3 is 0 Å². The van der Waals surface area contributed by atoms with Gasteiger partial charge < -0.3 is 14.1 Å². The molecule has 0 aliphatic heterocycles. The molecule has 40 heavy (non-hydrogen) atoms. The van der Waals surface area contributed by atoms with Gasteiger partial charge in [-0.2, -0.15) is 0 Å². The minimum atomic E-state index is -0.144. The van der Waals surface area contributed by atoms with Gasteiger partial charge in [-0.15, -0.1) is 21.5 Å². The number of aromatic amines is 1. The summed E-state index contributed by atoms with van der Waals surface area (Å²) in [6.45, 7) is 4.73. The van der Waals surface area contributed by atoms with Gasteiger partial charge in [0.2, 0.25) is 0 Å². The van der Waals surface area contributed by atoms with Crippen molar-refractivity contribution in [3.8, 4) is 16.9 Å². The highest BCUT2D eigenvalue weighted by Gasteiger charge is 2.19. The molecule has 0 saturated heterocycles. The second-order valence-corrected chi connectivity index (χ2v) is 11.8. The fourth-order valence-corrected chi connectivity index (χ4v) is 6.38. The van der Waals surface area contributed by atoms with Crippen LogP contribution < -0.4 is 10.3 Å². The number of thiophene rings is 1. The van der Waals surface area contributed by atoms with Crippen molar-refractivity contribution in [2.24, 2.45) is 0 Å². The first-order valence-corrected chi connectivity index (χ1v) is 14.7. The third-order valence-electron chi connectivity index (χ3n) is 6.33. The molecule has 202 valence electrons. The first-order valence-electron chi connectivity index (χ1n) is 12.5. The summed E-state index contributed by atoms with van der Waals surface area (Å²) in [7, 11) is 0. The number of benzene rings is 2. The van der Waals surface area contributed by atoms with Crippen molar-refractivity contribution in [2.75, 3.05) is 0 Å². The van der Waals surface area contributed by atoms with E-state index < -0.39 is 0 Å². The van der Waals surface area contributed by atoms with Gasteiger partial charge in [-0.3, -0.25) is 9.36 Å². The van der Waals surface area contributed by atoms with E-state index in [-0.39, 0.29) is 12.2 Å². The molecule has 11 heteroatoms. The fourth-order valence-electron chi connectivity index (χ4n) is 4.36. The molecule has 2 aromatic carbocycles. The van der Waals surface area contributed by atoms with Crippen LogP contribution in [0.15, 0.2) is 81.3 Å². The minimum absolute atomic E-state index is 0.144. The van der Waals surface area contributed by atoms with Crippen LogP contribution in [0, 0.1) is 13.8 Å². The molecule has 0 radical (unpaired) electrons. The van der Waals surface area contributed by atoms with Gasteiger partial charge in [0, 0.05) is 15.5 Å². The van der Waals surface area contributed by atoms with Gasteiger partial charge in [0.05, 0.1) is 23.9 Å². The number of thioether (sulfide) groups is 1. The molecule has 8 nitrogen and oxygen atoms in total. The molecule has 0 fully saturated rings. The van der Waals surface area contributed by atoms with E-state index in [1.54, 1.807) is 30.5 Å². The van der Waals surface area contributed by atoms with E-state index in [0.717, 1.165) is 26.6 Å². The third kappa shape index (κ3) is 5.56.